The van der Waals surface area contributed by atoms with Crippen LogP contribution in [0.1, 0.15) is 15.9 Å². The summed E-state index contributed by atoms with van der Waals surface area (Å²) in [5.41, 5.74) is 1.35. The van der Waals surface area contributed by atoms with E-state index < -0.39 is 16.0 Å². The van der Waals surface area contributed by atoms with E-state index in [2.05, 4.69) is 0 Å². The SMILES string of the molecule is O=C(OCC[NH+]1CCOCC1)c1cccc(S(=O)(=O)N(Cc2ccccc2)c2ccccc2Cl)c1. The van der Waals surface area contributed by atoms with Gasteiger partial charge in [0.05, 0.1) is 40.9 Å². The molecular weight excluding hydrogens is 488 g/mol. The lowest BCUT2D eigenvalue weighted by atomic mass is 10.2. The number of para-hydroxylation sites is 1. The molecule has 0 unspecified atom stereocenters. The molecule has 1 aliphatic heterocycles. The van der Waals surface area contributed by atoms with E-state index in [-0.39, 0.29) is 23.6 Å². The predicted octanol–water partition coefficient (Wildman–Crippen LogP) is 2.81. The average molecular weight is 516 g/mol. The highest BCUT2D eigenvalue weighted by Crippen LogP contribution is 2.32. The van der Waals surface area contributed by atoms with Crippen LogP contribution in [0.15, 0.2) is 83.8 Å². The molecule has 4 rings (SSSR count). The minimum Gasteiger partial charge on any atom is -0.456 e. The van der Waals surface area contributed by atoms with Crippen LogP contribution in [0.2, 0.25) is 5.02 Å². The zero-order valence-corrected chi connectivity index (χ0v) is 20.8. The quantitative estimate of drug-likeness (QED) is 0.443. The summed E-state index contributed by atoms with van der Waals surface area (Å²) >= 11 is 6.39. The Morgan fingerprint density at radius 2 is 1.69 bits per heavy atom. The second kappa shape index (κ2) is 11.7. The molecule has 0 aliphatic carbocycles. The van der Waals surface area contributed by atoms with Crippen molar-refractivity contribution < 1.29 is 27.6 Å². The van der Waals surface area contributed by atoms with Crippen LogP contribution in [0.3, 0.4) is 0 Å². The lowest BCUT2D eigenvalue weighted by Crippen LogP contribution is -3.14. The number of sulfonamides is 1. The average Bonchev–Trinajstić information content (AvgIpc) is 2.89. The summed E-state index contributed by atoms with van der Waals surface area (Å²) < 4.78 is 39.6. The molecule has 0 atom stereocenters. The monoisotopic (exact) mass is 515 g/mol. The maximum Gasteiger partial charge on any atom is 0.338 e. The van der Waals surface area contributed by atoms with Crippen molar-refractivity contribution in [1.82, 2.24) is 0 Å². The van der Waals surface area contributed by atoms with E-state index >= 15 is 0 Å². The molecule has 184 valence electrons. The molecule has 1 N–H and O–H groups in total. The Kier molecular flexibility index (Phi) is 8.41. The zero-order chi connectivity index (χ0) is 24.7. The van der Waals surface area contributed by atoms with Crippen molar-refractivity contribution in [2.24, 2.45) is 0 Å². The van der Waals surface area contributed by atoms with E-state index in [1.165, 1.54) is 21.3 Å². The first kappa shape index (κ1) is 25.2. The van der Waals surface area contributed by atoms with Gasteiger partial charge in [-0.3, -0.25) is 4.31 Å². The Labute approximate surface area is 210 Å². The predicted molar refractivity (Wildman–Crippen MR) is 134 cm³/mol. The molecular formula is C26H28ClN2O5S+. The number of benzene rings is 3. The Balaban J connectivity index is 1.56. The van der Waals surface area contributed by atoms with Crippen molar-refractivity contribution in [3.63, 3.8) is 0 Å². The van der Waals surface area contributed by atoms with Gasteiger partial charge >= 0.3 is 5.97 Å². The fourth-order valence-corrected chi connectivity index (χ4v) is 5.70. The molecule has 3 aromatic carbocycles. The molecule has 0 aromatic heterocycles. The molecule has 7 nitrogen and oxygen atoms in total. The van der Waals surface area contributed by atoms with Crippen molar-refractivity contribution in [3.05, 3.63) is 95.0 Å². The third kappa shape index (κ3) is 6.41. The number of carbonyl (C=O) groups excluding carboxylic acids is 1. The van der Waals surface area contributed by atoms with Gasteiger partial charge in [0.1, 0.15) is 26.2 Å². The number of carbonyl (C=O) groups is 1. The fourth-order valence-electron chi connectivity index (χ4n) is 3.90. The summed E-state index contributed by atoms with van der Waals surface area (Å²) in [6, 6.07) is 22.0. The standard InChI is InChI=1S/C26H27ClN2O5S/c27-24-11-4-5-12-25(24)29(20-21-7-2-1-3-8-21)35(31,32)23-10-6-9-22(19-23)26(30)34-18-15-28-13-16-33-17-14-28/h1-12,19H,13-18,20H2/p+1. The van der Waals surface area contributed by atoms with Crippen molar-refractivity contribution in [2.45, 2.75) is 11.4 Å². The molecule has 0 amide bonds. The minimum atomic E-state index is -4.05. The molecule has 1 heterocycles. The van der Waals surface area contributed by atoms with E-state index in [0.717, 1.165) is 18.7 Å². The number of rotatable bonds is 9. The van der Waals surface area contributed by atoms with Gasteiger partial charge in [0.15, 0.2) is 0 Å². The molecule has 1 aliphatic rings. The van der Waals surface area contributed by atoms with Gasteiger partial charge in [0.2, 0.25) is 0 Å². The lowest BCUT2D eigenvalue weighted by molar-refractivity contribution is -0.908. The fraction of sp³-hybridized carbons (Fsp3) is 0.269. The van der Waals surface area contributed by atoms with E-state index in [4.69, 9.17) is 21.1 Å². The van der Waals surface area contributed by atoms with Crippen LogP contribution in [-0.2, 0) is 26.0 Å². The number of hydrogen-bond acceptors (Lipinski definition) is 5. The third-order valence-electron chi connectivity index (χ3n) is 5.84. The molecule has 1 fully saturated rings. The van der Waals surface area contributed by atoms with E-state index in [1.54, 1.807) is 36.4 Å². The minimum absolute atomic E-state index is 0.0124. The summed E-state index contributed by atoms with van der Waals surface area (Å²) in [4.78, 5) is 14.0. The van der Waals surface area contributed by atoms with E-state index in [1.807, 2.05) is 30.3 Å². The number of nitrogens with one attached hydrogen (secondary N) is 1. The maximum absolute atomic E-state index is 13.8. The van der Waals surface area contributed by atoms with Crippen molar-refractivity contribution in [2.75, 3.05) is 43.8 Å². The summed E-state index contributed by atoms with van der Waals surface area (Å²) in [5, 5.41) is 0.313. The van der Waals surface area contributed by atoms with E-state index in [0.29, 0.717) is 30.5 Å². The molecule has 0 saturated carbocycles. The summed E-state index contributed by atoms with van der Waals surface area (Å²) in [6.45, 7) is 4.19. The molecule has 0 bridgehead atoms. The highest BCUT2D eigenvalue weighted by atomic mass is 35.5. The van der Waals surface area contributed by atoms with Gasteiger partial charge in [-0.1, -0.05) is 60.1 Å². The largest absolute Gasteiger partial charge is 0.456 e. The van der Waals surface area contributed by atoms with Crippen LogP contribution in [0, 0.1) is 0 Å². The van der Waals surface area contributed by atoms with Crippen LogP contribution in [0.4, 0.5) is 5.69 Å². The summed E-state index contributed by atoms with van der Waals surface area (Å²) in [5.74, 6) is -0.554. The van der Waals surface area contributed by atoms with Gasteiger partial charge in [-0.25, -0.2) is 13.2 Å². The van der Waals surface area contributed by atoms with Crippen molar-refractivity contribution in [1.29, 1.82) is 0 Å². The Bertz CT molecular complexity index is 1250. The van der Waals surface area contributed by atoms with Crippen molar-refractivity contribution >= 4 is 33.3 Å². The highest BCUT2D eigenvalue weighted by molar-refractivity contribution is 7.92. The van der Waals surface area contributed by atoms with E-state index in [9.17, 15) is 13.2 Å². The number of esters is 1. The zero-order valence-electron chi connectivity index (χ0n) is 19.2. The summed E-state index contributed by atoms with van der Waals surface area (Å²) in [6.07, 6.45) is 0. The first-order chi connectivity index (χ1) is 16.9. The molecule has 0 radical (unpaired) electrons. The van der Waals surface area contributed by atoms with Crippen LogP contribution >= 0.6 is 11.6 Å². The normalized spacial score (nSPS) is 14.4. The summed E-state index contributed by atoms with van der Waals surface area (Å²) in [7, 11) is -4.05. The number of morpholine rings is 1. The number of anilines is 1. The second-order valence-corrected chi connectivity index (χ2v) is 10.5. The number of hydrogen-bond donors (Lipinski definition) is 1. The molecule has 35 heavy (non-hydrogen) atoms. The molecule has 0 spiro atoms. The topological polar surface area (TPSA) is 77.3 Å². The Hall–Kier alpha value is -2.91. The third-order valence-corrected chi connectivity index (χ3v) is 7.91. The first-order valence-electron chi connectivity index (χ1n) is 11.4. The van der Waals surface area contributed by atoms with Gasteiger partial charge in [-0.05, 0) is 35.9 Å². The van der Waals surface area contributed by atoms with Crippen LogP contribution in [-0.4, -0.2) is 53.8 Å². The molecule has 3 aromatic rings. The second-order valence-electron chi connectivity index (χ2n) is 8.22. The highest BCUT2D eigenvalue weighted by Gasteiger charge is 2.28. The van der Waals surface area contributed by atoms with Gasteiger partial charge in [-0.15, -0.1) is 0 Å². The number of ether oxygens (including phenoxy) is 2. The van der Waals surface area contributed by atoms with Crippen LogP contribution in [0.5, 0.6) is 0 Å². The molecule has 9 heteroatoms. The van der Waals surface area contributed by atoms with Crippen LogP contribution in [0.25, 0.3) is 0 Å². The molecule has 1 saturated heterocycles. The number of halogens is 1. The number of nitrogens with zero attached hydrogens (tertiary/aromatic N) is 1. The smallest absolute Gasteiger partial charge is 0.338 e. The van der Waals surface area contributed by atoms with Crippen molar-refractivity contribution in [3.8, 4) is 0 Å². The Morgan fingerprint density at radius 3 is 2.43 bits per heavy atom. The van der Waals surface area contributed by atoms with Gasteiger partial charge in [-0.2, -0.15) is 0 Å². The first-order valence-corrected chi connectivity index (χ1v) is 13.3. The van der Waals surface area contributed by atoms with Gasteiger partial charge in [0.25, 0.3) is 10.0 Å². The maximum atomic E-state index is 13.8. The lowest BCUT2D eigenvalue weighted by Gasteiger charge is -2.26. The van der Waals surface area contributed by atoms with Gasteiger partial charge in [0, 0.05) is 0 Å². The van der Waals surface area contributed by atoms with Crippen LogP contribution < -0.4 is 9.21 Å². The number of quaternary nitrogens is 1. The van der Waals surface area contributed by atoms with Gasteiger partial charge < -0.3 is 14.4 Å². The Morgan fingerprint density at radius 1 is 0.971 bits per heavy atom.